The lowest BCUT2D eigenvalue weighted by atomic mass is 9.79. The zero-order valence-electron chi connectivity index (χ0n) is 14.3. The van der Waals surface area contributed by atoms with E-state index in [1.54, 1.807) is 5.57 Å². The van der Waals surface area contributed by atoms with Gasteiger partial charge in [-0.15, -0.1) is 0 Å². The summed E-state index contributed by atoms with van der Waals surface area (Å²) in [7, 11) is 2.13. The van der Waals surface area contributed by atoms with E-state index >= 15 is 0 Å². The Morgan fingerprint density at radius 1 is 1.05 bits per heavy atom. The Morgan fingerprint density at radius 3 is 2.38 bits per heavy atom. The smallest absolute Gasteiger partial charge is 0.0872 e. The molecule has 2 nitrogen and oxygen atoms in total. The molecule has 1 N–H and O–H groups in total. The van der Waals surface area contributed by atoms with Crippen LogP contribution in [-0.2, 0) is 4.74 Å². The van der Waals surface area contributed by atoms with Gasteiger partial charge >= 0.3 is 0 Å². The third kappa shape index (κ3) is 4.56. The van der Waals surface area contributed by atoms with Gasteiger partial charge in [0.25, 0.3) is 0 Å². The van der Waals surface area contributed by atoms with E-state index in [0.717, 1.165) is 6.61 Å². The average Bonchev–Trinajstić information content (AvgIpc) is 2.68. The zero-order chi connectivity index (χ0) is 15.0. The number of rotatable bonds is 5. The maximum Gasteiger partial charge on any atom is 0.0872 e. The standard InChI is InChI=1S/C19H35NO/c1-3-21-19(15-11-7-8-12-16-19)18(20-2)17-13-9-5-4-6-10-14-17/h13,18,20H,3-12,14-16H2,1-2H3. The van der Waals surface area contributed by atoms with Crippen LogP contribution < -0.4 is 5.32 Å². The van der Waals surface area contributed by atoms with E-state index < -0.39 is 0 Å². The fourth-order valence-corrected chi connectivity index (χ4v) is 4.40. The van der Waals surface area contributed by atoms with Crippen molar-refractivity contribution in [1.82, 2.24) is 5.32 Å². The van der Waals surface area contributed by atoms with E-state index in [9.17, 15) is 0 Å². The minimum atomic E-state index is 0.0467. The minimum Gasteiger partial charge on any atom is -0.373 e. The molecule has 0 aliphatic heterocycles. The van der Waals surface area contributed by atoms with Crippen molar-refractivity contribution in [3.8, 4) is 0 Å². The highest BCUT2D eigenvalue weighted by Crippen LogP contribution is 2.37. The molecule has 0 aromatic rings. The topological polar surface area (TPSA) is 21.3 Å². The van der Waals surface area contributed by atoms with Crippen LogP contribution in [0.2, 0.25) is 0 Å². The summed E-state index contributed by atoms with van der Waals surface area (Å²) in [6, 6.07) is 0.425. The highest BCUT2D eigenvalue weighted by Gasteiger charge is 2.40. The first-order chi connectivity index (χ1) is 10.3. The van der Waals surface area contributed by atoms with Gasteiger partial charge in [-0.25, -0.2) is 0 Å². The molecule has 0 bridgehead atoms. The van der Waals surface area contributed by atoms with E-state index in [-0.39, 0.29) is 5.60 Å². The Balaban J connectivity index is 2.20. The molecule has 0 aromatic heterocycles. The van der Waals surface area contributed by atoms with Crippen LogP contribution in [0.1, 0.15) is 84.0 Å². The SMILES string of the molecule is CCOC1(C(NC)C2=CCCCCCC2)CCCCCC1. The Kier molecular flexibility index (Phi) is 7.25. The Morgan fingerprint density at radius 2 is 1.71 bits per heavy atom. The third-order valence-corrected chi connectivity index (χ3v) is 5.39. The van der Waals surface area contributed by atoms with Crippen LogP contribution >= 0.6 is 0 Å². The number of hydrogen-bond acceptors (Lipinski definition) is 2. The first kappa shape index (κ1) is 17.0. The van der Waals surface area contributed by atoms with Gasteiger partial charge in [-0.2, -0.15) is 0 Å². The van der Waals surface area contributed by atoms with Crippen molar-refractivity contribution in [1.29, 1.82) is 0 Å². The lowest BCUT2D eigenvalue weighted by Crippen LogP contribution is -2.52. The Labute approximate surface area is 131 Å². The van der Waals surface area contributed by atoms with Gasteiger partial charge in [0.05, 0.1) is 11.6 Å². The normalized spacial score (nSPS) is 25.3. The Hall–Kier alpha value is -0.340. The second-order valence-electron chi connectivity index (χ2n) is 6.87. The van der Waals surface area contributed by atoms with E-state index in [0.29, 0.717) is 6.04 Å². The van der Waals surface area contributed by atoms with Crippen molar-refractivity contribution >= 4 is 0 Å². The second-order valence-corrected chi connectivity index (χ2v) is 6.87. The minimum absolute atomic E-state index is 0.0467. The van der Waals surface area contributed by atoms with Crippen LogP contribution in [0.15, 0.2) is 11.6 Å². The number of hydrogen-bond donors (Lipinski definition) is 1. The predicted molar refractivity (Wildman–Crippen MR) is 90.7 cm³/mol. The monoisotopic (exact) mass is 293 g/mol. The molecular formula is C19H35NO. The lowest BCUT2D eigenvalue weighted by Gasteiger charge is -2.42. The van der Waals surface area contributed by atoms with Gasteiger partial charge in [-0.3, -0.25) is 0 Å². The molecule has 0 saturated heterocycles. The van der Waals surface area contributed by atoms with Crippen LogP contribution in [0.5, 0.6) is 0 Å². The maximum atomic E-state index is 6.43. The molecule has 21 heavy (non-hydrogen) atoms. The summed E-state index contributed by atoms with van der Waals surface area (Å²) in [6.45, 7) is 3.00. The highest BCUT2D eigenvalue weighted by molar-refractivity contribution is 5.18. The Bertz CT molecular complexity index is 316. The van der Waals surface area contributed by atoms with Crippen molar-refractivity contribution in [3.63, 3.8) is 0 Å². The van der Waals surface area contributed by atoms with Gasteiger partial charge in [-0.1, -0.05) is 50.2 Å². The first-order valence-electron chi connectivity index (χ1n) is 9.32. The molecule has 1 fully saturated rings. The number of allylic oxidation sites excluding steroid dienone is 1. The molecule has 1 saturated carbocycles. The molecule has 0 radical (unpaired) electrons. The largest absolute Gasteiger partial charge is 0.373 e. The van der Waals surface area contributed by atoms with E-state index in [4.69, 9.17) is 4.74 Å². The first-order valence-corrected chi connectivity index (χ1v) is 9.32. The number of likely N-dealkylation sites (N-methyl/N-ethyl adjacent to an activating group) is 1. The van der Waals surface area contributed by atoms with Crippen LogP contribution in [0.4, 0.5) is 0 Å². The summed E-state index contributed by atoms with van der Waals surface area (Å²) in [6.07, 6.45) is 18.4. The summed E-state index contributed by atoms with van der Waals surface area (Å²) < 4.78 is 6.43. The van der Waals surface area contributed by atoms with Crippen molar-refractivity contribution in [3.05, 3.63) is 11.6 Å². The van der Waals surface area contributed by atoms with Crippen LogP contribution in [0, 0.1) is 0 Å². The molecule has 1 atom stereocenters. The molecule has 122 valence electrons. The molecule has 0 spiro atoms. The molecule has 0 aromatic carbocycles. The van der Waals surface area contributed by atoms with E-state index in [1.165, 1.54) is 77.0 Å². The molecular weight excluding hydrogens is 258 g/mol. The van der Waals surface area contributed by atoms with Gasteiger partial charge in [-0.05, 0) is 52.5 Å². The van der Waals surface area contributed by atoms with Gasteiger partial charge in [0.1, 0.15) is 0 Å². The van der Waals surface area contributed by atoms with Gasteiger partial charge < -0.3 is 10.1 Å². The van der Waals surface area contributed by atoms with Gasteiger partial charge in [0, 0.05) is 6.61 Å². The van der Waals surface area contributed by atoms with Crippen LogP contribution in [0.25, 0.3) is 0 Å². The second kappa shape index (κ2) is 8.95. The highest BCUT2D eigenvalue weighted by atomic mass is 16.5. The molecule has 1 unspecified atom stereocenters. The maximum absolute atomic E-state index is 6.43. The van der Waals surface area contributed by atoms with E-state index in [1.807, 2.05) is 0 Å². The number of ether oxygens (including phenoxy) is 1. The summed E-state index contributed by atoms with van der Waals surface area (Å²) in [4.78, 5) is 0. The molecule has 0 heterocycles. The van der Waals surface area contributed by atoms with Crippen LogP contribution in [-0.4, -0.2) is 25.3 Å². The zero-order valence-corrected chi connectivity index (χ0v) is 14.3. The summed E-state index contributed by atoms with van der Waals surface area (Å²) in [5.74, 6) is 0. The van der Waals surface area contributed by atoms with Gasteiger partial charge in [0.15, 0.2) is 0 Å². The number of nitrogens with one attached hydrogen (secondary N) is 1. The molecule has 2 heteroatoms. The van der Waals surface area contributed by atoms with Crippen molar-refractivity contribution in [2.24, 2.45) is 0 Å². The lowest BCUT2D eigenvalue weighted by molar-refractivity contribution is -0.0679. The van der Waals surface area contributed by atoms with Crippen molar-refractivity contribution in [2.75, 3.05) is 13.7 Å². The average molecular weight is 293 g/mol. The fraction of sp³-hybridized carbons (Fsp3) is 0.895. The summed E-state index contributed by atoms with van der Waals surface area (Å²) in [5, 5.41) is 3.65. The third-order valence-electron chi connectivity index (χ3n) is 5.39. The molecule has 2 aliphatic carbocycles. The summed E-state index contributed by atoms with van der Waals surface area (Å²) in [5.41, 5.74) is 1.68. The fourth-order valence-electron chi connectivity index (χ4n) is 4.40. The summed E-state index contributed by atoms with van der Waals surface area (Å²) >= 11 is 0. The van der Waals surface area contributed by atoms with Gasteiger partial charge in [0.2, 0.25) is 0 Å². The van der Waals surface area contributed by atoms with E-state index in [2.05, 4.69) is 25.4 Å². The van der Waals surface area contributed by atoms with Crippen molar-refractivity contribution in [2.45, 2.75) is 95.6 Å². The quantitative estimate of drug-likeness (QED) is 0.570. The van der Waals surface area contributed by atoms with Crippen LogP contribution in [0.3, 0.4) is 0 Å². The molecule has 2 aliphatic rings. The molecule has 0 amide bonds. The molecule has 2 rings (SSSR count). The predicted octanol–water partition coefficient (Wildman–Crippen LogP) is 4.98. The van der Waals surface area contributed by atoms with Crippen molar-refractivity contribution < 1.29 is 4.74 Å².